The van der Waals surface area contributed by atoms with Gasteiger partial charge in [0.2, 0.25) is 0 Å². The molecule has 1 fully saturated rings. The van der Waals surface area contributed by atoms with Crippen LogP contribution in [0.3, 0.4) is 0 Å². The second kappa shape index (κ2) is 10.2. The Labute approximate surface area is 228 Å². The zero-order chi connectivity index (χ0) is 26.2. The van der Waals surface area contributed by atoms with Crippen LogP contribution in [0.2, 0.25) is 5.02 Å². The Morgan fingerprint density at radius 3 is 2.39 bits per heavy atom. The molecular formula is C24H15Br2ClN2O6S. The lowest BCUT2D eigenvalue weighted by atomic mass is 10.1. The van der Waals surface area contributed by atoms with Gasteiger partial charge < -0.3 is 4.18 Å². The first-order valence-corrected chi connectivity index (χ1v) is 13.5. The summed E-state index contributed by atoms with van der Waals surface area (Å²) in [5.74, 6) is -2.02. The molecule has 0 radical (unpaired) electrons. The third kappa shape index (κ3) is 5.10. The first-order valence-electron chi connectivity index (χ1n) is 10.1. The molecule has 8 nitrogen and oxygen atoms in total. The third-order valence-electron chi connectivity index (χ3n) is 5.14. The number of carbonyl (C=O) groups is 3. The molecule has 0 aromatic heterocycles. The molecule has 1 aliphatic rings. The topological polar surface area (TPSA) is 110 Å². The minimum absolute atomic E-state index is 0.0851. The number of nitrogens with one attached hydrogen (secondary N) is 1. The van der Waals surface area contributed by atoms with Gasteiger partial charge in [0.1, 0.15) is 10.5 Å². The molecule has 12 heteroatoms. The van der Waals surface area contributed by atoms with Gasteiger partial charge in [-0.05, 0) is 70.9 Å². The van der Waals surface area contributed by atoms with E-state index >= 15 is 0 Å². The minimum Gasteiger partial charge on any atom is -0.377 e. The monoisotopic (exact) mass is 652 g/mol. The van der Waals surface area contributed by atoms with Gasteiger partial charge in [0.25, 0.3) is 11.8 Å². The maximum Gasteiger partial charge on any atom is 0.339 e. The fourth-order valence-electron chi connectivity index (χ4n) is 3.39. The van der Waals surface area contributed by atoms with Gasteiger partial charge in [-0.3, -0.25) is 14.9 Å². The highest BCUT2D eigenvalue weighted by Gasteiger charge is 2.38. The number of imide groups is 2. The van der Waals surface area contributed by atoms with Gasteiger partial charge in [-0.25, -0.2) is 9.69 Å². The summed E-state index contributed by atoms with van der Waals surface area (Å²) in [6.45, 7) is 1.63. The maximum atomic E-state index is 13.4. The number of anilines is 1. The van der Waals surface area contributed by atoms with Crippen molar-refractivity contribution in [1.82, 2.24) is 5.32 Å². The number of halogens is 3. The number of hydrogen-bond acceptors (Lipinski definition) is 6. The number of amides is 4. The zero-order valence-corrected chi connectivity index (χ0v) is 23.0. The molecule has 0 aliphatic carbocycles. The van der Waals surface area contributed by atoms with Crippen molar-refractivity contribution in [2.24, 2.45) is 0 Å². The van der Waals surface area contributed by atoms with Crippen molar-refractivity contribution < 1.29 is 27.0 Å². The van der Waals surface area contributed by atoms with Crippen LogP contribution in [-0.4, -0.2) is 26.3 Å². The maximum absolute atomic E-state index is 13.4. The van der Waals surface area contributed by atoms with Gasteiger partial charge in [0.15, 0.2) is 5.75 Å². The van der Waals surface area contributed by atoms with E-state index in [1.54, 1.807) is 43.3 Å². The van der Waals surface area contributed by atoms with E-state index in [1.807, 2.05) is 0 Å². The number of barbiturate groups is 1. The average molecular weight is 655 g/mol. The van der Waals surface area contributed by atoms with Crippen LogP contribution in [0.5, 0.6) is 5.75 Å². The van der Waals surface area contributed by atoms with Crippen molar-refractivity contribution >= 4 is 83.2 Å². The van der Waals surface area contributed by atoms with Crippen LogP contribution in [-0.2, 0) is 19.7 Å². The van der Waals surface area contributed by atoms with Crippen LogP contribution < -0.4 is 14.4 Å². The Hall–Kier alpha value is -2.99. The smallest absolute Gasteiger partial charge is 0.339 e. The largest absolute Gasteiger partial charge is 0.377 e. The zero-order valence-electron chi connectivity index (χ0n) is 18.3. The highest BCUT2D eigenvalue weighted by atomic mass is 79.9. The van der Waals surface area contributed by atoms with Gasteiger partial charge in [-0.2, -0.15) is 8.42 Å². The van der Waals surface area contributed by atoms with Crippen molar-refractivity contribution in [2.75, 3.05) is 4.90 Å². The average Bonchev–Trinajstić information content (AvgIpc) is 2.82. The van der Waals surface area contributed by atoms with Crippen LogP contribution >= 0.6 is 43.5 Å². The molecule has 0 atom stereocenters. The third-order valence-corrected chi connectivity index (χ3v) is 7.84. The van der Waals surface area contributed by atoms with E-state index < -0.39 is 33.5 Å². The summed E-state index contributed by atoms with van der Waals surface area (Å²) in [6.07, 6.45) is 1.16. The van der Waals surface area contributed by atoms with Crippen LogP contribution in [0.4, 0.5) is 10.5 Å². The number of hydrogen-bond donors (Lipinski definition) is 1. The molecule has 0 spiro atoms. The van der Waals surface area contributed by atoms with E-state index in [2.05, 4.69) is 37.2 Å². The minimum atomic E-state index is -4.25. The summed E-state index contributed by atoms with van der Waals surface area (Å²) in [5, 5.41) is 2.46. The number of nitrogens with zero attached hydrogens (tertiary/aromatic N) is 1. The molecule has 1 heterocycles. The molecule has 4 amide bonds. The van der Waals surface area contributed by atoms with Crippen LogP contribution in [0.25, 0.3) is 6.08 Å². The standard InChI is InChI=1S/C24H15Br2ClN2O6S/c1-13-19(27)8-5-9-20(13)29-23(31)17(22(30)28-24(29)32)11-14-10-15(25)12-18(26)21(14)35-36(33,34)16-6-3-2-4-7-16/h2-12H,1H3,(H,28,30,32)/b17-11+. The molecule has 0 saturated carbocycles. The Morgan fingerprint density at radius 2 is 1.69 bits per heavy atom. The molecule has 1 N–H and O–H groups in total. The second-order valence-corrected chi connectivity index (χ2v) is 11.2. The first-order chi connectivity index (χ1) is 17.0. The first kappa shape index (κ1) is 26.1. The summed E-state index contributed by atoms with van der Waals surface area (Å²) in [5.41, 5.74) is 0.328. The summed E-state index contributed by atoms with van der Waals surface area (Å²) in [4.78, 5) is 39.3. The lowest BCUT2D eigenvalue weighted by Gasteiger charge is -2.28. The van der Waals surface area contributed by atoms with Crippen LogP contribution in [0.15, 0.2) is 80.1 Å². The lowest BCUT2D eigenvalue weighted by Crippen LogP contribution is -2.54. The Balaban J connectivity index is 1.82. The van der Waals surface area contributed by atoms with Crippen molar-refractivity contribution in [2.45, 2.75) is 11.8 Å². The summed E-state index contributed by atoms with van der Waals surface area (Å²) in [7, 11) is -4.25. The van der Waals surface area contributed by atoms with Crippen LogP contribution in [0, 0.1) is 6.92 Å². The normalized spacial score (nSPS) is 15.3. The molecule has 1 saturated heterocycles. The summed E-state index contributed by atoms with van der Waals surface area (Å²) < 4.78 is 31.9. The predicted octanol–water partition coefficient (Wildman–Crippen LogP) is 5.61. The van der Waals surface area contributed by atoms with Crippen molar-refractivity contribution in [1.29, 1.82) is 0 Å². The molecule has 3 aromatic rings. The van der Waals surface area contributed by atoms with E-state index in [1.165, 1.54) is 24.3 Å². The van der Waals surface area contributed by atoms with E-state index in [0.29, 0.717) is 15.1 Å². The molecule has 1 aliphatic heterocycles. The quantitative estimate of drug-likeness (QED) is 0.218. The number of carbonyl (C=O) groups excluding carboxylic acids is 3. The van der Waals surface area contributed by atoms with Crippen molar-refractivity contribution in [3.8, 4) is 5.75 Å². The fourth-order valence-corrected chi connectivity index (χ4v) is 6.00. The SMILES string of the molecule is Cc1c(Cl)cccc1N1C(=O)NC(=O)/C(=C\c2cc(Br)cc(Br)c2OS(=O)(=O)c2ccccc2)C1=O. The van der Waals surface area contributed by atoms with Gasteiger partial charge in [-0.15, -0.1) is 0 Å². The van der Waals surface area contributed by atoms with Crippen LogP contribution in [0.1, 0.15) is 11.1 Å². The van der Waals surface area contributed by atoms with Gasteiger partial charge in [0, 0.05) is 15.1 Å². The number of urea groups is 1. The number of rotatable bonds is 5. The molecule has 184 valence electrons. The Kier molecular flexibility index (Phi) is 7.37. The molecule has 4 rings (SSSR count). The van der Waals surface area contributed by atoms with Crippen molar-refractivity contribution in [3.05, 3.63) is 91.3 Å². The summed E-state index contributed by atoms with van der Waals surface area (Å²) in [6, 6.07) is 14.3. The molecular weight excluding hydrogens is 640 g/mol. The summed E-state index contributed by atoms with van der Waals surface area (Å²) >= 11 is 12.7. The lowest BCUT2D eigenvalue weighted by molar-refractivity contribution is -0.122. The fraction of sp³-hybridized carbons (Fsp3) is 0.0417. The van der Waals surface area contributed by atoms with E-state index in [9.17, 15) is 22.8 Å². The predicted molar refractivity (Wildman–Crippen MR) is 141 cm³/mol. The van der Waals surface area contributed by atoms with E-state index in [-0.39, 0.29) is 26.4 Å². The highest BCUT2D eigenvalue weighted by molar-refractivity contribution is 9.11. The van der Waals surface area contributed by atoms with Gasteiger partial charge >= 0.3 is 16.1 Å². The van der Waals surface area contributed by atoms with E-state index in [4.69, 9.17) is 15.8 Å². The van der Waals surface area contributed by atoms with Gasteiger partial charge in [-0.1, -0.05) is 51.8 Å². The van der Waals surface area contributed by atoms with E-state index in [0.717, 1.165) is 11.0 Å². The second-order valence-electron chi connectivity index (χ2n) is 7.50. The Bertz CT molecular complexity index is 1560. The number of benzene rings is 3. The van der Waals surface area contributed by atoms with Gasteiger partial charge in [0.05, 0.1) is 10.2 Å². The molecule has 0 bridgehead atoms. The Morgan fingerprint density at radius 1 is 1.00 bits per heavy atom. The highest BCUT2D eigenvalue weighted by Crippen LogP contribution is 2.37. The van der Waals surface area contributed by atoms with Crippen molar-refractivity contribution in [3.63, 3.8) is 0 Å². The molecule has 36 heavy (non-hydrogen) atoms. The molecule has 0 unspecified atom stereocenters. The molecule has 3 aromatic carbocycles.